The van der Waals surface area contributed by atoms with Crippen molar-refractivity contribution in [3.63, 3.8) is 0 Å². The van der Waals surface area contributed by atoms with Crippen LogP contribution in [-0.4, -0.2) is 34.4 Å². The van der Waals surface area contributed by atoms with E-state index in [2.05, 4.69) is 15.6 Å². The molecule has 0 atom stereocenters. The van der Waals surface area contributed by atoms with E-state index in [1.54, 1.807) is 41.5 Å². The predicted molar refractivity (Wildman–Crippen MR) is 147 cm³/mol. The standard InChI is InChI=1S/C29H28N4O4S/c1-2-37-28(35)23-13-15-24(16-14-23)31-29(36)33(18-22-11-7-4-8-12-22)19-26-32-25(20-38-26)27(34)30-17-21-9-5-3-6-10-21/h3-16,20H,2,17-19H2,1H3,(H,30,34)(H,31,36). The Hall–Kier alpha value is -4.50. The van der Waals surface area contributed by atoms with Gasteiger partial charge in [0.25, 0.3) is 5.91 Å². The first-order valence-electron chi connectivity index (χ1n) is 12.2. The lowest BCUT2D eigenvalue weighted by molar-refractivity contribution is 0.0526. The fourth-order valence-electron chi connectivity index (χ4n) is 3.63. The van der Waals surface area contributed by atoms with Crippen molar-refractivity contribution < 1.29 is 19.1 Å². The number of amides is 3. The highest BCUT2D eigenvalue weighted by molar-refractivity contribution is 7.09. The van der Waals surface area contributed by atoms with Gasteiger partial charge in [-0.1, -0.05) is 60.7 Å². The lowest BCUT2D eigenvalue weighted by Crippen LogP contribution is -2.34. The van der Waals surface area contributed by atoms with Crippen LogP contribution in [0.4, 0.5) is 10.5 Å². The van der Waals surface area contributed by atoms with Gasteiger partial charge in [-0.15, -0.1) is 11.3 Å². The topological polar surface area (TPSA) is 101 Å². The van der Waals surface area contributed by atoms with E-state index in [-0.39, 0.29) is 18.5 Å². The van der Waals surface area contributed by atoms with Gasteiger partial charge in [0.2, 0.25) is 0 Å². The molecule has 194 valence electrons. The molecule has 0 unspecified atom stereocenters. The maximum Gasteiger partial charge on any atom is 0.338 e. The zero-order valence-corrected chi connectivity index (χ0v) is 21.7. The smallest absolute Gasteiger partial charge is 0.338 e. The fraction of sp³-hybridized carbons (Fsp3) is 0.172. The van der Waals surface area contributed by atoms with Crippen molar-refractivity contribution in [2.45, 2.75) is 26.6 Å². The van der Waals surface area contributed by atoms with E-state index in [0.29, 0.717) is 41.6 Å². The number of esters is 1. The van der Waals surface area contributed by atoms with Crippen LogP contribution in [0.1, 0.15) is 43.9 Å². The summed E-state index contributed by atoms with van der Waals surface area (Å²) in [5.41, 5.74) is 3.22. The molecule has 0 aliphatic carbocycles. The van der Waals surface area contributed by atoms with Crippen molar-refractivity contribution in [2.24, 2.45) is 0 Å². The van der Waals surface area contributed by atoms with Crippen LogP contribution < -0.4 is 10.6 Å². The van der Waals surface area contributed by atoms with E-state index in [1.807, 2.05) is 60.7 Å². The largest absolute Gasteiger partial charge is 0.462 e. The van der Waals surface area contributed by atoms with Crippen molar-refractivity contribution in [3.8, 4) is 0 Å². The van der Waals surface area contributed by atoms with E-state index in [4.69, 9.17) is 4.74 Å². The van der Waals surface area contributed by atoms with Crippen molar-refractivity contribution in [1.29, 1.82) is 0 Å². The number of nitrogens with one attached hydrogen (secondary N) is 2. The van der Waals surface area contributed by atoms with Crippen LogP contribution in [-0.2, 0) is 24.4 Å². The number of carbonyl (C=O) groups is 3. The third kappa shape index (κ3) is 7.50. The number of carbonyl (C=O) groups excluding carboxylic acids is 3. The quantitative estimate of drug-likeness (QED) is 0.265. The van der Waals surface area contributed by atoms with Gasteiger partial charge in [0.05, 0.1) is 18.7 Å². The number of benzene rings is 3. The number of urea groups is 1. The van der Waals surface area contributed by atoms with Crippen LogP contribution in [0, 0.1) is 0 Å². The number of ether oxygens (including phenoxy) is 1. The Kier molecular flexibility index (Phi) is 9.20. The summed E-state index contributed by atoms with van der Waals surface area (Å²) in [5, 5.41) is 8.09. The summed E-state index contributed by atoms with van der Waals surface area (Å²) in [5.74, 6) is -0.680. The number of anilines is 1. The van der Waals surface area contributed by atoms with Crippen molar-refractivity contribution >= 4 is 34.9 Å². The maximum atomic E-state index is 13.3. The molecule has 2 N–H and O–H groups in total. The SMILES string of the molecule is CCOC(=O)c1ccc(NC(=O)N(Cc2ccccc2)Cc2nc(C(=O)NCc3ccccc3)cs2)cc1. The molecule has 0 aliphatic rings. The van der Waals surface area contributed by atoms with Gasteiger partial charge in [-0.3, -0.25) is 4.79 Å². The van der Waals surface area contributed by atoms with Crippen LogP contribution >= 0.6 is 11.3 Å². The molecular weight excluding hydrogens is 500 g/mol. The van der Waals surface area contributed by atoms with Gasteiger partial charge in [-0.05, 0) is 42.3 Å². The second-order valence-electron chi connectivity index (χ2n) is 8.36. The molecule has 9 heteroatoms. The Morgan fingerprint density at radius 1 is 0.868 bits per heavy atom. The minimum absolute atomic E-state index is 0.221. The number of thiazole rings is 1. The number of nitrogens with zero attached hydrogens (tertiary/aromatic N) is 2. The van der Waals surface area contributed by atoms with Crippen molar-refractivity contribution in [1.82, 2.24) is 15.2 Å². The average molecular weight is 529 g/mol. The summed E-state index contributed by atoms with van der Waals surface area (Å²) in [6, 6.07) is 25.5. The van der Waals surface area contributed by atoms with Gasteiger partial charge in [0, 0.05) is 24.2 Å². The van der Waals surface area contributed by atoms with Crippen molar-refractivity contribution in [3.05, 3.63) is 118 Å². The predicted octanol–water partition coefficient (Wildman–Crippen LogP) is 5.48. The van der Waals surface area contributed by atoms with Gasteiger partial charge < -0.3 is 20.3 Å². The number of hydrogen-bond acceptors (Lipinski definition) is 6. The van der Waals surface area contributed by atoms with E-state index < -0.39 is 5.97 Å². The van der Waals surface area contributed by atoms with Gasteiger partial charge in [-0.25, -0.2) is 14.6 Å². The normalized spacial score (nSPS) is 10.4. The molecule has 0 radical (unpaired) electrons. The first-order valence-corrected chi connectivity index (χ1v) is 13.0. The van der Waals surface area contributed by atoms with Gasteiger partial charge >= 0.3 is 12.0 Å². The molecule has 0 saturated carbocycles. The molecule has 1 heterocycles. The van der Waals surface area contributed by atoms with E-state index >= 15 is 0 Å². The second kappa shape index (κ2) is 13.2. The summed E-state index contributed by atoms with van der Waals surface area (Å²) in [6.45, 7) is 3.01. The summed E-state index contributed by atoms with van der Waals surface area (Å²) in [4.78, 5) is 43.9. The lowest BCUT2D eigenvalue weighted by Gasteiger charge is -2.22. The van der Waals surface area contributed by atoms with Crippen LogP contribution in [0.3, 0.4) is 0 Å². The summed E-state index contributed by atoms with van der Waals surface area (Å²) in [6.07, 6.45) is 0. The highest BCUT2D eigenvalue weighted by atomic mass is 32.1. The average Bonchev–Trinajstić information content (AvgIpc) is 3.42. The van der Waals surface area contributed by atoms with E-state index in [0.717, 1.165) is 11.1 Å². The molecule has 3 aromatic carbocycles. The minimum atomic E-state index is -0.413. The molecule has 8 nitrogen and oxygen atoms in total. The van der Waals surface area contributed by atoms with Crippen LogP contribution in [0.2, 0.25) is 0 Å². The van der Waals surface area contributed by atoms with E-state index in [1.165, 1.54) is 11.3 Å². The molecule has 0 fully saturated rings. The Balaban J connectivity index is 1.43. The molecular formula is C29H28N4O4S. The van der Waals surface area contributed by atoms with Crippen LogP contribution in [0.15, 0.2) is 90.3 Å². The molecule has 4 rings (SSSR count). The van der Waals surface area contributed by atoms with Gasteiger partial charge in [0.15, 0.2) is 0 Å². The highest BCUT2D eigenvalue weighted by Gasteiger charge is 2.19. The second-order valence-corrected chi connectivity index (χ2v) is 9.31. The maximum absolute atomic E-state index is 13.3. The zero-order chi connectivity index (χ0) is 26.7. The Morgan fingerprint density at radius 3 is 2.18 bits per heavy atom. The lowest BCUT2D eigenvalue weighted by atomic mass is 10.2. The van der Waals surface area contributed by atoms with Crippen molar-refractivity contribution in [2.75, 3.05) is 11.9 Å². The first-order chi connectivity index (χ1) is 18.5. The first kappa shape index (κ1) is 26.6. The molecule has 3 amide bonds. The molecule has 0 saturated heterocycles. The third-order valence-corrected chi connectivity index (χ3v) is 6.39. The monoisotopic (exact) mass is 528 g/mol. The zero-order valence-electron chi connectivity index (χ0n) is 20.9. The molecule has 0 bridgehead atoms. The Bertz CT molecular complexity index is 1360. The fourth-order valence-corrected chi connectivity index (χ4v) is 4.42. The third-order valence-electron chi connectivity index (χ3n) is 5.56. The minimum Gasteiger partial charge on any atom is -0.462 e. The van der Waals surface area contributed by atoms with E-state index in [9.17, 15) is 14.4 Å². The number of aromatic nitrogens is 1. The molecule has 0 spiro atoms. The summed E-state index contributed by atoms with van der Waals surface area (Å²) in [7, 11) is 0. The molecule has 4 aromatic rings. The number of hydrogen-bond donors (Lipinski definition) is 2. The van der Waals surface area contributed by atoms with Crippen LogP contribution in [0.5, 0.6) is 0 Å². The summed E-state index contributed by atoms with van der Waals surface area (Å²) >= 11 is 1.33. The summed E-state index contributed by atoms with van der Waals surface area (Å²) < 4.78 is 5.01. The molecule has 1 aromatic heterocycles. The van der Waals surface area contributed by atoms with Gasteiger partial charge in [-0.2, -0.15) is 0 Å². The Labute approximate surface area is 225 Å². The van der Waals surface area contributed by atoms with Crippen LogP contribution in [0.25, 0.3) is 0 Å². The van der Waals surface area contributed by atoms with Gasteiger partial charge in [0.1, 0.15) is 10.7 Å². The number of rotatable bonds is 10. The highest BCUT2D eigenvalue weighted by Crippen LogP contribution is 2.18. The Morgan fingerprint density at radius 2 is 1.53 bits per heavy atom. The molecule has 38 heavy (non-hydrogen) atoms. The molecule has 0 aliphatic heterocycles.